The highest BCUT2D eigenvalue weighted by Gasteiger charge is 2.61. The molecular formula is C28H36O3. The van der Waals surface area contributed by atoms with Crippen LogP contribution in [-0.2, 0) is 9.53 Å². The van der Waals surface area contributed by atoms with Crippen LogP contribution in [0.15, 0.2) is 42.0 Å². The summed E-state index contributed by atoms with van der Waals surface area (Å²) in [7, 11) is 0. The number of ketones is 1. The van der Waals surface area contributed by atoms with Gasteiger partial charge in [-0.05, 0) is 80.5 Å². The normalized spacial score (nSPS) is 41.4. The second kappa shape index (κ2) is 7.60. The summed E-state index contributed by atoms with van der Waals surface area (Å²) in [4.78, 5) is 25.3. The predicted molar refractivity (Wildman–Crippen MR) is 122 cm³/mol. The van der Waals surface area contributed by atoms with Crippen LogP contribution in [0.5, 0.6) is 0 Å². The van der Waals surface area contributed by atoms with Crippen LogP contribution in [-0.4, -0.2) is 17.9 Å². The number of hydrogen-bond acceptors (Lipinski definition) is 3. The second-order valence-corrected chi connectivity index (χ2v) is 11.1. The monoisotopic (exact) mass is 420 g/mol. The van der Waals surface area contributed by atoms with Gasteiger partial charge >= 0.3 is 5.97 Å². The summed E-state index contributed by atoms with van der Waals surface area (Å²) in [5, 5.41) is 0. The van der Waals surface area contributed by atoms with E-state index in [0.717, 1.165) is 36.8 Å². The standard InChI is InChI=1S/C28H36O3/c1-18(29)31-25-11-7-10-20-12-13-21-22-14-15-24(26(30)19-8-5-4-6-9-19)27(22,2)17-16-23(21)28(20,25)3/h4-6,8-9,15,20-23,25H,7,10-14,16-17H2,1-3H3/t20-,21+,22+,23+,25-,27-,28-/m0/s1. The van der Waals surface area contributed by atoms with Crippen LogP contribution in [0.3, 0.4) is 0 Å². The summed E-state index contributed by atoms with van der Waals surface area (Å²) in [5.74, 6) is 2.50. The van der Waals surface area contributed by atoms with Crippen molar-refractivity contribution in [1.29, 1.82) is 0 Å². The molecule has 0 unspecified atom stereocenters. The molecule has 3 nitrogen and oxygen atoms in total. The van der Waals surface area contributed by atoms with E-state index >= 15 is 0 Å². The minimum atomic E-state index is -0.132. The number of Topliss-reactive ketones (excluding diaryl/α,β-unsaturated/α-hetero) is 1. The molecule has 31 heavy (non-hydrogen) atoms. The van der Waals surface area contributed by atoms with Crippen LogP contribution in [0.1, 0.15) is 82.5 Å². The van der Waals surface area contributed by atoms with Gasteiger partial charge in [-0.3, -0.25) is 9.59 Å². The predicted octanol–water partition coefficient (Wildman–Crippen LogP) is 6.38. The molecule has 0 N–H and O–H groups in total. The Hall–Kier alpha value is -1.90. The van der Waals surface area contributed by atoms with Crippen molar-refractivity contribution in [2.75, 3.05) is 0 Å². The van der Waals surface area contributed by atoms with Crippen molar-refractivity contribution in [2.45, 2.75) is 78.2 Å². The maximum Gasteiger partial charge on any atom is 0.302 e. The zero-order chi connectivity index (χ0) is 21.8. The molecule has 4 aliphatic carbocycles. The number of carbonyl (C=O) groups excluding carboxylic acids is 2. The Balaban J connectivity index is 1.43. The smallest absolute Gasteiger partial charge is 0.302 e. The van der Waals surface area contributed by atoms with Crippen LogP contribution in [0.25, 0.3) is 0 Å². The Morgan fingerprint density at radius 2 is 1.74 bits per heavy atom. The summed E-state index contributed by atoms with van der Waals surface area (Å²) < 4.78 is 5.96. The third kappa shape index (κ3) is 3.14. The first-order valence-corrected chi connectivity index (χ1v) is 12.3. The summed E-state index contributed by atoms with van der Waals surface area (Å²) >= 11 is 0. The fourth-order valence-electron chi connectivity index (χ4n) is 8.34. The third-order valence-electron chi connectivity index (χ3n) is 9.85. The number of allylic oxidation sites excluding steroid dienone is 2. The molecule has 3 saturated carbocycles. The van der Waals surface area contributed by atoms with E-state index in [4.69, 9.17) is 4.74 Å². The van der Waals surface area contributed by atoms with Crippen molar-refractivity contribution < 1.29 is 14.3 Å². The SMILES string of the molecule is CC(=O)O[C@H]1CCC[C@H]2CC[C@H]3[C@@H](CC[C@]4(C)C(C(=O)c5ccccc5)=CC[C@H]34)[C@]21C. The topological polar surface area (TPSA) is 43.4 Å². The maximum absolute atomic E-state index is 13.4. The Bertz CT molecular complexity index is 902. The van der Waals surface area contributed by atoms with E-state index in [1.807, 2.05) is 30.3 Å². The van der Waals surface area contributed by atoms with Crippen LogP contribution >= 0.6 is 0 Å². The Morgan fingerprint density at radius 1 is 0.968 bits per heavy atom. The molecule has 3 heteroatoms. The van der Waals surface area contributed by atoms with Crippen LogP contribution in [0, 0.1) is 34.5 Å². The Kier molecular flexibility index (Phi) is 5.14. The molecular weight excluding hydrogens is 384 g/mol. The van der Waals surface area contributed by atoms with E-state index in [1.54, 1.807) is 6.92 Å². The van der Waals surface area contributed by atoms with Gasteiger partial charge in [-0.2, -0.15) is 0 Å². The zero-order valence-corrected chi connectivity index (χ0v) is 19.2. The largest absolute Gasteiger partial charge is 0.462 e. The zero-order valence-electron chi connectivity index (χ0n) is 19.2. The summed E-state index contributed by atoms with van der Waals surface area (Å²) in [6.07, 6.45) is 11.5. The molecule has 166 valence electrons. The van der Waals surface area contributed by atoms with Crippen molar-refractivity contribution >= 4 is 11.8 Å². The lowest BCUT2D eigenvalue weighted by atomic mass is 9.44. The molecule has 0 aromatic heterocycles. The van der Waals surface area contributed by atoms with Crippen molar-refractivity contribution in [3.8, 4) is 0 Å². The van der Waals surface area contributed by atoms with Gasteiger partial charge in [0, 0.05) is 23.5 Å². The average Bonchev–Trinajstić information content (AvgIpc) is 3.11. The second-order valence-electron chi connectivity index (χ2n) is 11.1. The number of ether oxygens (including phenoxy) is 1. The lowest BCUT2D eigenvalue weighted by Gasteiger charge is -2.61. The highest BCUT2D eigenvalue weighted by atomic mass is 16.5. The molecule has 0 aliphatic heterocycles. The number of esters is 1. The van der Waals surface area contributed by atoms with Gasteiger partial charge in [0.1, 0.15) is 6.10 Å². The molecule has 0 radical (unpaired) electrons. The van der Waals surface area contributed by atoms with E-state index in [1.165, 1.54) is 25.7 Å². The van der Waals surface area contributed by atoms with E-state index in [2.05, 4.69) is 19.9 Å². The molecule has 4 aliphatic rings. The fourth-order valence-corrected chi connectivity index (χ4v) is 8.34. The molecule has 0 bridgehead atoms. The van der Waals surface area contributed by atoms with Gasteiger partial charge in [-0.25, -0.2) is 0 Å². The van der Waals surface area contributed by atoms with Gasteiger partial charge in [0.2, 0.25) is 0 Å². The molecule has 7 atom stereocenters. The molecule has 0 heterocycles. The number of carbonyl (C=O) groups is 2. The molecule has 3 fully saturated rings. The first-order valence-electron chi connectivity index (χ1n) is 12.3. The van der Waals surface area contributed by atoms with Gasteiger partial charge in [-0.1, -0.05) is 50.3 Å². The number of hydrogen-bond donors (Lipinski definition) is 0. The summed E-state index contributed by atoms with van der Waals surface area (Å²) in [5.41, 5.74) is 1.92. The lowest BCUT2D eigenvalue weighted by Crippen LogP contribution is -2.58. The van der Waals surface area contributed by atoms with Crippen molar-refractivity contribution in [1.82, 2.24) is 0 Å². The molecule has 5 rings (SSSR count). The minimum absolute atomic E-state index is 0.0249. The molecule has 1 aromatic carbocycles. The molecule has 0 spiro atoms. The van der Waals surface area contributed by atoms with E-state index in [0.29, 0.717) is 23.7 Å². The van der Waals surface area contributed by atoms with Crippen LogP contribution in [0.2, 0.25) is 0 Å². The average molecular weight is 421 g/mol. The van der Waals surface area contributed by atoms with Crippen molar-refractivity contribution in [2.24, 2.45) is 34.5 Å². The first-order chi connectivity index (χ1) is 14.9. The van der Waals surface area contributed by atoms with E-state index in [9.17, 15) is 9.59 Å². The third-order valence-corrected chi connectivity index (χ3v) is 9.85. The molecule has 1 aromatic rings. The summed E-state index contributed by atoms with van der Waals surface area (Å²) in [6, 6.07) is 9.78. The Morgan fingerprint density at radius 3 is 2.48 bits per heavy atom. The quantitative estimate of drug-likeness (QED) is 0.421. The maximum atomic E-state index is 13.4. The van der Waals surface area contributed by atoms with Gasteiger partial charge in [0.25, 0.3) is 0 Å². The minimum Gasteiger partial charge on any atom is -0.462 e. The highest BCUT2D eigenvalue weighted by Crippen LogP contribution is 2.66. The lowest BCUT2D eigenvalue weighted by molar-refractivity contribution is -0.187. The Labute approximate surface area is 186 Å². The highest BCUT2D eigenvalue weighted by molar-refractivity contribution is 6.09. The van der Waals surface area contributed by atoms with Crippen molar-refractivity contribution in [3.05, 3.63) is 47.5 Å². The fraction of sp³-hybridized carbons (Fsp3) is 0.643. The molecule has 0 saturated heterocycles. The summed E-state index contributed by atoms with van der Waals surface area (Å²) in [6.45, 7) is 6.35. The number of fused-ring (bicyclic) bond motifs is 5. The molecule has 0 amide bonds. The van der Waals surface area contributed by atoms with Gasteiger partial charge in [0.15, 0.2) is 5.78 Å². The van der Waals surface area contributed by atoms with Crippen LogP contribution in [0.4, 0.5) is 0 Å². The number of benzene rings is 1. The van der Waals surface area contributed by atoms with Gasteiger partial charge in [0.05, 0.1) is 0 Å². The van der Waals surface area contributed by atoms with E-state index < -0.39 is 0 Å². The van der Waals surface area contributed by atoms with E-state index in [-0.39, 0.29) is 28.7 Å². The van der Waals surface area contributed by atoms with Gasteiger partial charge < -0.3 is 4.74 Å². The van der Waals surface area contributed by atoms with Crippen LogP contribution < -0.4 is 0 Å². The first kappa shape index (κ1) is 21.0. The number of rotatable bonds is 3. The van der Waals surface area contributed by atoms with Gasteiger partial charge in [-0.15, -0.1) is 0 Å². The van der Waals surface area contributed by atoms with Crippen molar-refractivity contribution in [3.63, 3.8) is 0 Å².